The first-order valence-electron chi connectivity index (χ1n) is 8.79. The van der Waals surface area contributed by atoms with Crippen molar-refractivity contribution in [2.24, 2.45) is 0 Å². The second kappa shape index (κ2) is 8.22. The molecule has 148 valence electrons. The number of nitrogens with zero attached hydrogens (tertiary/aromatic N) is 1. The van der Waals surface area contributed by atoms with Crippen LogP contribution in [0.4, 0.5) is 0 Å². The number of likely N-dealkylation sites (tertiary alicyclic amines) is 1. The Bertz CT molecular complexity index is 827. The molecule has 0 radical (unpaired) electrons. The lowest BCUT2D eigenvalue weighted by molar-refractivity contribution is -0.159. The Balaban J connectivity index is 2.23. The highest BCUT2D eigenvalue weighted by atomic mass is 32.2. The molecule has 1 aromatic rings. The predicted octanol–water partition coefficient (Wildman–Crippen LogP) is 2.10. The van der Waals surface area contributed by atoms with Gasteiger partial charge in [-0.2, -0.15) is 0 Å². The maximum atomic E-state index is 12.9. The molecule has 1 heterocycles. The molecule has 0 aliphatic carbocycles. The zero-order valence-corrected chi connectivity index (χ0v) is 16.7. The van der Waals surface area contributed by atoms with Crippen LogP contribution in [-0.2, 0) is 19.6 Å². The van der Waals surface area contributed by atoms with E-state index in [9.17, 15) is 18.0 Å². The highest BCUT2D eigenvalue weighted by Gasteiger charge is 2.37. The molecular weight excluding hydrogens is 368 g/mol. The van der Waals surface area contributed by atoms with Crippen LogP contribution in [0.25, 0.3) is 0 Å². The number of ether oxygens (including phenoxy) is 1. The summed E-state index contributed by atoms with van der Waals surface area (Å²) >= 11 is 0. The zero-order chi connectivity index (χ0) is 20.2. The summed E-state index contributed by atoms with van der Waals surface area (Å²) in [6, 6.07) is 5.12. The van der Waals surface area contributed by atoms with Crippen LogP contribution in [0.1, 0.15) is 44.0 Å². The molecule has 27 heavy (non-hydrogen) atoms. The van der Waals surface area contributed by atoms with Gasteiger partial charge in [0.25, 0.3) is 5.91 Å². The fraction of sp³-hybridized carbons (Fsp3) is 0.474. The third kappa shape index (κ3) is 5.40. The molecule has 8 heteroatoms. The molecule has 2 rings (SSSR count). The summed E-state index contributed by atoms with van der Waals surface area (Å²) in [5.41, 5.74) is -0.425. The van der Waals surface area contributed by atoms with Gasteiger partial charge in [0.1, 0.15) is 11.6 Å². The van der Waals surface area contributed by atoms with Crippen LogP contribution in [-0.4, -0.2) is 49.9 Å². The van der Waals surface area contributed by atoms with Crippen molar-refractivity contribution in [2.45, 2.75) is 50.2 Å². The second-order valence-corrected chi connectivity index (χ2v) is 9.13. The largest absolute Gasteiger partial charge is 0.458 e. The SMILES string of the molecule is C=CCNS(=O)(=O)c1cccc(C(=O)N2CCCC2C(=O)OC(C)(C)C)c1. The number of hydrogen-bond acceptors (Lipinski definition) is 5. The molecule has 7 nitrogen and oxygen atoms in total. The molecule has 1 fully saturated rings. The number of sulfonamides is 1. The van der Waals surface area contributed by atoms with E-state index in [0.29, 0.717) is 19.4 Å². The van der Waals surface area contributed by atoms with Crippen LogP contribution < -0.4 is 4.72 Å². The van der Waals surface area contributed by atoms with Crippen molar-refractivity contribution in [1.82, 2.24) is 9.62 Å². The van der Waals surface area contributed by atoms with Gasteiger partial charge >= 0.3 is 5.97 Å². The molecule has 0 saturated carbocycles. The van der Waals surface area contributed by atoms with Crippen LogP contribution >= 0.6 is 0 Å². The fourth-order valence-corrected chi connectivity index (χ4v) is 3.88. The second-order valence-electron chi connectivity index (χ2n) is 7.36. The first-order valence-corrected chi connectivity index (χ1v) is 10.3. The first-order chi connectivity index (χ1) is 12.5. The van der Waals surface area contributed by atoms with Crippen molar-refractivity contribution in [3.8, 4) is 0 Å². The van der Waals surface area contributed by atoms with Crippen LogP contribution in [0.3, 0.4) is 0 Å². The fourth-order valence-electron chi connectivity index (χ4n) is 2.84. The molecule has 0 bridgehead atoms. The summed E-state index contributed by atoms with van der Waals surface area (Å²) in [6.45, 7) is 9.31. The van der Waals surface area contributed by atoms with Crippen molar-refractivity contribution in [2.75, 3.05) is 13.1 Å². The number of amides is 1. The number of hydrogen-bond donors (Lipinski definition) is 1. The number of benzene rings is 1. The Morgan fingerprint density at radius 1 is 1.37 bits per heavy atom. The van der Waals surface area contributed by atoms with Crippen molar-refractivity contribution in [1.29, 1.82) is 0 Å². The maximum absolute atomic E-state index is 12.9. The van der Waals surface area contributed by atoms with Gasteiger partial charge in [0.2, 0.25) is 10.0 Å². The Hall–Kier alpha value is -2.19. The third-order valence-electron chi connectivity index (χ3n) is 4.00. The van der Waals surface area contributed by atoms with Crippen molar-refractivity contribution in [3.05, 3.63) is 42.5 Å². The molecule has 1 saturated heterocycles. The van der Waals surface area contributed by atoms with Gasteiger partial charge in [0, 0.05) is 18.7 Å². The van der Waals surface area contributed by atoms with Gasteiger partial charge in [-0.3, -0.25) is 4.79 Å². The Kier molecular flexibility index (Phi) is 6.43. The molecule has 1 N–H and O–H groups in total. The normalized spacial score (nSPS) is 17.6. The summed E-state index contributed by atoms with van der Waals surface area (Å²) in [7, 11) is -3.74. The van der Waals surface area contributed by atoms with Gasteiger partial charge in [-0.1, -0.05) is 12.1 Å². The molecule has 1 aliphatic heterocycles. The van der Waals surface area contributed by atoms with Gasteiger partial charge in [0.15, 0.2) is 0 Å². The van der Waals surface area contributed by atoms with Crippen molar-refractivity contribution in [3.63, 3.8) is 0 Å². The molecule has 1 aliphatic rings. The standard InChI is InChI=1S/C19H26N2O5S/c1-5-11-20-27(24,25)15-9-6-8-14(13-15)17(22)21-12-7-10-16(21)18(23)26-19(2,3)4/h5-6,8-9,13,16,20H,1,7,10-12H2,2-4H3. The van der Waals surface area contributed by atoms with E-state index in [1.807, 2.05) is 0 Å². The lowest BCUT2D eigenvalue weighted by Crippen LogP contribution is -2.43. The molecular formula is C19H26N2O5S. The average molecular weight is 394 g/mol. The number of esters is 1. The minimum Gasteiger partial charge on any atom is -0.458 e. The molecule has 1 unspecified atom stereocenters. The Labute approximate surface area is 160 Å². The third-order valence-corrected chi connectivity index (χ3v) is 5.42. The molecule has 0 aromatic heterocycles. The summed E-state index contributed by atoms with van der Waals surface area (Å²) in [4.78, 5) is 26.8. The van der Waals surface area contributed by atoms with E-state index in [1.165, 1.54) is 29.2 Å². The van der Waals surface area contributed by atoms with E-state index < -0.39 is 27.6 Å². The minimum atomic E-state index is -3.74. The van der Waals surface area contributed by atoms with Gasteiger partial charge in [0.05, 0.1) is 4.90 Å². The first kappa shape index (κ1) is 21.1. The van der Waals surface area contributed by atoms with Crippen LogP contribution in [0.2, 0.25) is 0 Å². The Morgan fingerprint density at radius 2 is 2.07 bits per heavy atom. The van der Waals surface area contributed by atoms with Gasteiger partial charge in [-0.25, -0.2) is 17.9 Å². The number of carbonyl (C=O) groups excluding carboxylic acids is 2. The van der Waals surface area contributed by atoms with Gasteiger partial charge < -0.3 is 9.64 Å². The summed E-state index contributed by atoms with van der Waals surface area (Å²) in [5.74, 6) is -0.825. The summed E-state index contributed by atoms with van der Waals surface area (Å²) in [6.07, 6.45) is 2.65. The highest BCUT2D eigenvalue weighted by molar-refractivity contribution is 7.89. The summed E-state index contributed by atoms with van der Waals surface area (Å²) in [5, 5.41) is 0. The number of rotatable bonds is 6. The lowest BCUT2D eigenvalue weighted by atomic mass is 10.1. The predicted molar refractivity (Wildman–Crippen MR) is 102 cm³/mol. The van der Waals surface area contributed by atoms with E-state index >= 15 is 0 Å². The van der Waals surface area contributed by atoms with E-state index in [2.05, 4.69) is 11.3 Å². The highest BCUT2D eigenvalue weighted by Crippen LogP contribution is 2.24. The van der Waals surface area contributed by atoms with Crippen LogP contribution in [0.15, 0.2) is 41.8 Å². The smallest absolute Gasteiger partial charge is 0.329 e. The zero-order valence-electron chi connectivity index (χ0n) is 15.9. The van der Waals surface area contributed by atoms with E-state index in [-0.39, 0.29) is 22.9 Å². The van der Waals surface area contributed by atoms with Gasteiger partial charge in [-0.05, 0) is 51.8 Å². The average Bonchev–Trinajstić information content (AvgIpc) is 3.08. The monoisotopic (exact) mass is 394 g/mol. The van der Waals surface area contributed by atoms with E-state index in [0.717, 1.165) is 0 Å². The van der Waals surface area contributed by atoms with Crippen molar-refractivity contribution >= 4 is 21.9 Å². The van der Waals surface area contributed by atoms with Gasteiger partial charge in [-0.15, -0.1) is 6.58 Å². The van der Waals surface area contributed by atoms with Crippen LogP contribution in [0, 0.1) is 0 Å². The Morgan fingerprint density at radius 3 is 2.70 bits per heavy atom. The van der Waals surface area contributed by atoms with Crippen molar-refractivity contribution < 1.29 is 22.7 Å². The van der Waals surface area contributed by atoms with E-state index in [1.54, 1.807) is 26.8 Å². The molecule has 1 atom stereocenters. The van der Waals surface area contributed by atoms with Crippen LogP contribution in [0.5, 0.6) is 0 Å². The van der Waals surface area contributed by atoms with E-state index in [4.69, 9.17) is 4.74 Å². The lowest BCUT2D eigenvalue weighted by Gasteiger charge is -2.27. The minimum absolute atomic E-state index is 0.0109. The maximum Gasteiger partial charge on any atom is 0.329 e. The molecule has 1 aromatic carbocycles. The quantitative estimate of drug-likeness (QED) is 0.589. The number of carbonyl (C=O) groups is 2. The molecule has 1 amide bonds. The topological polar surface area (TPSA) is 92.8 Å². The summed E-state index contributed by atoms with van der Waals surface area (Å²) < 4.78 is 32.3. The number of nitrogens with one attached hydrogen (secondary N) is 1. The molecule has 0 spiro atoms.